The molecule has 122 valence electrons. The summed E-state index contributed by atoms with van der Waals surface area (Å²) < 4.78 is 27.2. The molecule has 0 saturated carbocycles. The molecule has 0 atom stereocenters. The van der Waals surface area contributed by atoms with Gasteiger partial charge in [0.05, 0.1) is 25.0 Å². The molecule has 0 unspecified atom stereocenters. The van der Waals surface area contributed by atoms with Crippen LogP contribution in [0.3, 0.4) is 0 Å². The van der Waals surface area contributed by atoms with Crippen molar-refractivity contribution in [3.8, 4) is 0 Å². The van der Waals surface area contributed by atoms with E-state index >= 15 is 0 Å². The Labute approximate surface area is 136 Å². The van der Waals surface area contributed by atoms with Crippen molar-refractivity contribution in [2.75, 3.05) is 38.4 Å². The number of carbonyl (C=O) groups excluding carboxylic acids is 1. The van der Waals surface area contributed by atoms with Gasteiger partial charge in [-0.05, 0) is 12.1 Å². The van der Waals surface area contributed by atoms with Crippen molar-refractivity contribution in [2.24, 2.45) is 0 Å². The molecule has 0 aliphatic carbocycles. The zero-order valence-corrected chi connectivity index (χ0v) is 14.1. The largest absolute Gasteiger partial charge is 0.383 e. The van der Waals surface area contributed by atoms with Crippen molar-refractivity contribution >= 4 is 46.2 Å². The third-order valence-corrected chi connectivity index (χ3v) is 3.17. The van der Waals surface area contributed by atoms with Crippen LogP contribution in [0.2, 0.25) is 0 Å². The fraction of sp³-hybridized carbons (Fsp3) is 0.455. The summed E-state index contributed by atoms with van der Waals surface area (Å²) in [7, 11) is -1.74. The molecule has 21 heavy (non-hydrogen) atoms. The van der Waals surface area contributed by atoms with Crippen LogP contribution < -0.4 is 10.6 Å². The molecule has 1 aromatic heterocycles. The molecule has 1 amide bonds. The third kappa shape index (κ3) is 8.84. The second-order valence-corrected chi connectivity index (χ2v) is 5.84. The fourth-order valence-electron chi connectivity index (χ4n) is 1.25. The van der Waals surface area contributed by atoms with E-state index < -0.39 is 9.84 Å². The molecule has 1 rings (SSSR count). The van der Waals surface area contributed by atoms with E-state index in [2.05, 4.69) is 15.6 Å². The van der Waals surface area contributed by atoms with Gasteiger partial charge < -0.3 is 15.4 Å². The lowest BCUT2D eigenvalue weighted by atomic mass is 10.4. The zero-order valence-electron chi connectivity index (χ0n) is 11.7. The summed E-state index contributed by atoms with van der Waals surface area (Å²) in [5.41, 5.74) is 0.450. The first-order valence-corrected chi connectivity index (χ1v) is 7.48. The number of nitrogens with one attached hydrogen (secondary N) is 2. The second kappa shape index (κ2) is 10.7. The lowest BCUT2D eigenvalue weighted by molar-refractivity contribution is -0.115. The second-order valence-electron chi connectivity index (χ2n) is 3.88. The number of ether oxygens (including phenoxy) is 1. The molecule has 0 aromatic carbocycles. The molecule has 0 fully saturated rings. The lowest BCUT2D eigenvalue weighted by Crippen LogP contribution is -2.30. The van der Waals surface area contributed by atoms with Gasteiger partial charge in [0.1, 0.15) is 0 Å². The van der Waals surface area contributed by atoms with E-state index in [0.29, 0.717) is 18.8 Å². The summed E-state index contributed by atoms with van der Waals surface area (Å²) in [6.07, 6.45) is 2.39. The van der Waals surface area contributed by atoms with Gasteiger partial charge in [-0.15, -0.1) is 24.8 Å². The summed E-state index contributed by atoms with van der Waals surface area (Å²) in [5, 5.41) is 5.46. The van der Waals surface area contributed by atoms with Crippen molar-refractivity contribution in [3.05, 3.63) is 18.3 Å². The van der Waals surface area contributed by atoms with Crippen LogP contribution in [0.15, 0.2) is 23.4 Å². The molecule has 1 aromatic rings. The predicted octanol–water partition coefficient (Wildman–Crippen LogP) is 0.503. The van der Waals surface area contributed by atoms with Crippen molar-refractivity contribution in [2.45, 2.75) is 5.03 Å². The zero-order chi connectivity index (χ0) is 14.3. The minimum atomic E-state index is -3.32. The average Bonchev–Trinajstić information content (AvgIpc) is 2.34. The number of methoxy groups -OCH3 is 1. The van der Waals surface area contributed by atoms with Crippen molar-refractivity contribution in [3.63, 3.8) is 0 Å². The SMILES string of the molecule is COCCNCC(=O)Nc1ccc(S(C)(=O)=O)nc1.Cl.Cl. The van der Waals surface area contributed by atoms with E-state index in [1.54, 1.807) is 7.11 Å². The van der Waals surface area contributed by atoms with Crippen molar-refractivity contribution in [1.29, 1.82) is 0 Å². The first kappa shape index (κ1) is 22.4. The molecule has 0 saturated heterocycles. The number of amides is 1. The summed E-state index contributed by atoms with van der Waals surface area (Å²) >= 11 is 0. The van der Waals surface area contributed by atoms with E-state index in [4.69, 9.17) is 4.74 Å². The van der Waals surface area contributed by atoms with Crippen molar-refractivity contribution in [1.82, 2.24) is 10.3 Å². The first-order chi connectivity index (χ1) is 8.93. The van der Waals surface area contributed by atoms with Crippen LogP contribution in [-0.2, 0) is 19.4 Å². The first-order valence-electron chi connectivity index (χ1n) is 5.59. The molecule has 1 heterocycles. The van der Waals surface area contributed by atoms with Gasteiger partial charge in [0.25, 0.3) is 0 Å². The quantitative estimate of drug-likeness (QED) is 0.688. The van der Waals surface area contributed by atoms with Gasteiger partial charge in [-0.2, -0.15) is 0 Å². The van der Waals surface area contributed by atoms with Gasteiger partial charge in [0, 0.05) is 19.9 Å². The summed E-state index contributed by atoms with van der Waals surface area (Å²) in [6, 6.07) is 2.85. The smallest absolute Gasteiger partial charge is 0.238 e. The maximum Gasteiger partial charge on any atom is 0.238 e. The van der Waals surface area contributed by atoms with Gasteiger partial charge in [0.15, 0.2) is 14.9 Å². The number of sulfone groups is 1. The number of carbonyl (C=O) groups is 1. The van der Waals surface area contributed by atoms with Crippen molar-refractivity contribution < 1.29 is 17.9 Å². The Morgan fingerprint density at radius 2 is 2.00 bits per heavy atom. The van der Waals surface area contributed by atoms with E-state index in [0.717, 1.165) is 6.26 Å². The summed E-state index contributed by atoms with van der Waals surface area (Å²) in [4.78, 5) is 15.3. The predicted molar refractivity (Wildman–Crippen MR) is 85.2 cm³/mol. The van der Waals surface area contributed by atoms with Gasteiger partial charge in [0.2, 0.25) is 5.91 Å². The van der Waals surface area contributed by atoms with Gasteiger partial charge in [-0.1, -0.05) is 0 Å². The molecule has 0 spiro atoms. The lowest BCUT2D eigenvalue weighted by Gasteiger charge is -2.06. The number of nitrogens with zero attached hydrogens (tertiary/aromatic N) is 1. The van der Waals surface area contributed by atoms with E-state index in [-0.39, 0.29) is 42.3 Å². The number of pyridine rings is 1. The number of aromatic nitrogens is 1. The molecule has 7 nitrogen and oxygen atoms in total. The summed E-state index contributed by atoms with van der Waals surface area (Å²) in [5.74, 6) is -0.231. The minimum absolute atomic E-state index is 0. The number of hydrogen-bond acceptors (Lipinski definition) is 6. The molecular weight excluding hydrogens is 341 g/mol. The van der Waals surface area contributed by atoms with E-state index in [1.807, 2.05) is 0 Å². The van der Waals surface area contributed by atoms with Crippen LogP contribution in [0.1, 0.15) is 0 Å². The Kier molecular flexibility index (Phi) is 11.4. The minimum Gasteiger partial charge on any atom is -0.383 e. The van der Waals surface area contributed by atoms with Crippen LogP contribution >= 0.6 is 24.8 Å². The molecule has 0 bridgehead atoms. The molecule has 10 heteroatoms. The molecular formula is C11H19Cl2N3O4S. The normalized spacial score (nSPS) is 10.2. The van der Waals surface area contributed by atoms with Gasteiger partial charge in [-0.3, -0.25) is 4.79 Å². The van der Waals surface area contributed by atoms with E-state index in [9.17, 15) is 13.2 Å². The standard InChI is InChI=1S/C11H17N3O4S.2ClH/c1-18-6-5-12-8-10(15)14-9-3-4-11(13-7-9)19(2,16)17;;/h3-4,7,12H,5-6,8H2,1-2H3,(H,14,15);2*1H. The van der Waals surface area contributed by atoms with Crippen LogP contribution in [0.4, 0.5) is 5.69 Å². The highest BCUT2D eigenvalue weighted by atomic mass is 35.5. The number of halogens is 2. The average molecular weight is 360 g/mol. The van der Waals surface area contributed by atoms with Gasteiger partial charge >= 0.3 is 0 Å². The molecule has 0 aliphatic heterocycles. The maximum atomic E-state index is 11.5. The van der Waals surface area contributed by atoms with Crippen LogP contribution in [0, 0.1) is 0 Å². The highest BCUT2D eigenvalue weighted by Crippen LogP contribution is 2.09. The maximum absolute atomic E-state index is 11.5. The highest BCUT2D eigenvalue weighted by molar-refractivity contribution is 7.90. The number of anilines is 1. The number of rotatable bonds is 7. The van der Waals surface area contributed by atoms with Crippen LogP contribution in [0.5, 0.6) is 0 Å². The molecule has 0 radical (unpaired) electrons. The van der Waals surface area contributed by atoms with Gasteiger partial charge in [-0.25, -0.2) is 13.4 Å². The fourth-order valence-corrected chi connectivity index (χ4v) is 1.81. The molecule has 2 N–H and O–H groups in total. The Bertz CT molecular complexity index is 523. The highest BCUT2D eigenvalue weighted by Gasteiger charge is 2.08. The Morgan fingerprint density at radius 1 is 1.33 bits per heavy atom. The topological polar surface area (TPSA) is 97.4 Å². The Hall–Kier alpha value is -0.930. The van der Waals surface area contributed by atoms with Crippen LogP contribution in [-0.4, -0.2) is 52.4 Å². The monoisotopic (exact) mass is 359 g/mol. The number of hydrogen-bond donors (Lipinski definition) is 2. The van der Waals surface area contributed by atoms with E-state index in [1.165, 1.54) is 18.3 Å². The molecule has 0 aliphatic rings. The third-order valence-electron chi connectivity index (χ3n) is 2.17. The Balaban J connectivity index is 0. The van der Waals surface area contributed by atoms with Crippen LogP contribution in [0.25, 0.3) is 0 Å². The summed E-state index contributed by atoms with van der Waals surface area (Å²) in [6.45, 7) is 1.25. The Morgan fingerprint density at radius 3 is 2.48 bits per heavy atom.